The minimum Gasteiger partial charge on any atom is -0.497 e. The fraction of sp³-hybridized carbons (Fsp3) is 0.231. The lowest BCUT2D eigenvalue weighted by atomic mass is 10.0. The van der Waals surface area contributed by atoms with E-state index in [9.17, 15) is 18.0 Å². The number of hydrogen-bond acceptors (Lipinski definition) is 7. The van der Waals surface area contributed by atoms with Crippen LogP contribution in [0.4, 0.5) is 0 Å². The van der Waals surface area contributed by atoms with Crippen LogP contribution in [0.3, 0.4) is 0 Å². The minimum absolute atomic E-state index is 0.00729. The fourth-order valence-corrected chi connectivity index (χ4v) is 5.40. The molecule has 0 saturated carbocycles. The van der Waals surface area contributed by atoms with Gasteiger partial charge in [-0.05, 0) is 53.9 Å². The molecule has 182 valence electrons. The Hall–Kier alpha value is -3.69. The first-order valence-electron chi connectivity index (χ1n) is 10.9. The Morgan fingerprint density at radius 2 is 1.69 bits per heavy atom. The molecule has 0 aliphatic carbocycles. The molecule has 0 spiro atoms. The normalized spacial score (nSPS) is 13.5. The van der Waals surface area contributed by atoms with Gasteiger partial charge in [0.2, 0.25) is 15.8 Å². The predicted molar refractivity (Wildman–Crippen MR) is 128 cm³/mol. The zero-order valence-corrected chi connectivity index (χ0v) is 20.2. The van der Waals surface area contributed by atoms with Crippen molar-refractivity contribution in [3.05, 3.63) is 89.0 Å². The first kappa shape index (κ1) is 24.4. The molecule has 1 aliphatic heterocycles. The molecule has 9 heteroatoms. The highest BCUT2D eigenvalue weighted by atomic mass is 32.2. The minimum atomic E-state index is -3.82. The van der Waals surface area contributed by atoms with Crippen LogP contribution in [0.2, 0.25) is 0 Å². The molecule has 0 amide bonds. The second-order valence-electron chi connectivity index (χ2n) is 7.95. The number of esters is 1. The summed E-state index contributed by atoms with van der Waals surface area (Å²) in [6.07, 6.45) is 0.618. The van der Waals surface area contributed by atoms with Crippen LogP contribution in [0, 0.1) is 0 Å². The Bertz CT molecular complexity index is 1370. The molecule has 0 radical (unpaired) electrons. The largest absolute Gasteiger partial charge is 0.497 e. The second-order valence-corrected chi connectivity index (χ2v) is 9.89. The van der Waals surface area contributed by atoms with Crippen molar-refractivity contribution in [2.24, 2.45) is 0 Å². The number of methoxy groups -OCH3 is 2. The highest BCUT2D eigenvalue weighted by molar-refractivity contribution is 7.89. The maximum absolute atomic E-state index is 13.2. The molecule has 1 heterocycles. The smallest absolute Gasteiger partial charge is 0.338 e. The topological polar surface area (TPSA) is 99.2 Å². The van der Waals surface area contributed by atoms with Crippen molar-refractivity contribution < 1.29 is 32.2 Å². The molecular weight excluding hydrogens is 470 g/mol. The summed E-state index contributed by atoms with van der Waals surface area (Å²) < 4.78 is 43.4. The van der Waals surface area contributed by atoms with Gasteiger partial charge in [-0.3, -0.25) is 4.79 Å². The van der Waals surface area contributed by atoms with Crippen molar-refractivity contribution >= 4 is 21.8 Å². The van der Waals surface area contributed by atoms with Gasteiger partial charge < -0.3 is 14.2 Å². The van der Waals surface area contributed by atoms with E-state index in [-0.39, 0.29) is 22.6 Å². The molecular formula is C26H25NO7S. The third-order valence-corrected chi connectivity index (χ3v) is 7.69. The number of ether oxygens (including phenoxy) is 3. The number of carbonyl (C=O) groups excluding carboxylic acids is 2. The van der Waals surface area contributed by atoms with Gasteiger partial charge in [0.15, 0.2) is 6.61 Å². The third kappa shape index (κ3) is 5.21. The van der Waals surface area contributed by atoms with E-state index in [0.29, 0.717) is 24.5 Å². The number of rotatable bonds is 8. The molecule has 0 saturated heterocycles. The molecule has 0 unspecified atom stereocenters. The molecule has 0 aromatic heterocycles. The van der Waals surface area contributed by atoms with Crippen molar-refractivity contribution in [3.8, 4) is 11.5 Å². The summed E-state index contributed by atoms with van der Waals surface area (Å²) in [6.45, 7) is 0.0806. The molecule has 0 bridgehead atoms. The molecule has 0 fully saturated rings. The monoisotopic (exact) mass is 495 g/mol. The first-order chi connectivity index (χ1) is 16.8. The predicted octanol–water partition coefficient (Wildman–Crippen LogP) is 3.49. The van der Waals surface area contributed by atoms with Crippen LogP contribution >= 0.6 is 0 Å². The molecule has 1 aliphatic rings. The number of fused-ring (bicyclic) bond motifs is 1. The highest BCUT2D eigenvalue weighted by Crippen LogP contribution is 2.26. The van der Waals surface area contributed by atoms with Crippen LogP contribution in [0.15, 0.2) is 71.6 Å². The van der Waals surface area contributed by atoms with Crippen LogP contribution in [-0.2, 0) is 27.7 Å². The summed E-state index contributed by atoms with van der Waals surface area (Å²) in [6, 6.07) is 18.1. The zero-order chi connectivity index (χ0) is 25.0. The molecule has 0 atom stereocenters. The molecule has 8 nitrogen and oxygen atoms in total. The molecule has 0 N–H and O–H groups in total. The standard InChI is InChI=1S/C26H25NO7S/c1-32-21-10-11-25(33-2)23(15-21)24(28)17-34-26(29)19-8-5-9-22(14-19)35(30,31)27-13-12-18-6-3-4-7-20(18)16-27/h3-11,14-15H,12-13,16-17H2,1-2H3. The lowest BCUT2D eigenvalue weighted by molar-refractivity contribution is 0.0473. The van der Waals surface area contributed by atoms with E-state index in [1.165, 1.54) is 48.9 Å². The quantitative estimate of drug-likeness (QED) is 0.348. The van der Waals surface area contributed by atoms with Crippen LogP contribution in [0.1, 0.15) is 31.8 Å². The van der Waals surface area contributed by atoms with Crippen molar-refractivity contribution in [2.75, 3.05) is 27.4 Å². The van der Waals surface area contributed by atoms with E-state index < -0.39 is 28.4 Å². The summed E-state index contributed by atoms with van der Waals surface area (Å²) in [5, 5.41) is 0. The van der Waals surface area contributed by atoms with E-state index >= 15 is 0 Å². The van der Waals surface area contributed by atoms with Crippen LogP contribution in [0.5, 0.6) is 11.5 Å². The van der Waals surface area contributed by atoms with Gasteiger partial charge >= 0.3 is 5.97 Å². The van der Waals surface area contributed by atoms with Gasteiger partial charge in [0, 0.05) is 13.1 Å². The van der Waals surface area contributed by atoms with Gasteiger partial charge in [0.05, 0.1) is 30.2 Å². The van der Waals surface area contributed by atoms with Crippen molar-refractivity contribution in [1.82, 2.24) is 4.31 Å². The maximum Gasteiger partial charge on any atom is 0.338 e. The number of carbonyl (C=O) groups is 2. The zero-order valence-electron chi connectivity index (χ0n) is 19.4. The lowest BCUT2D eigenvalue weighted by Gasteiger charge is -2.28. The Labute approximate surface area is 204 Å². The van der Waals surface area contributed by atoms with Gasteiger partial charge in [-0.25, -0.2) is 13.2 Å². The molecule has 3 aromatic rings. The SMILES string of the molecule is COc1ccc(OC)c(C(=O)COC(=O)c2cccc(S(=O)(=O)N3CCc4ccccc4C3)c2)c1. The number of ketones is 1. The van der Waals surface area contributed by atoms with E-state index in [1.54, 1.807) is 12.1 Å². The average molecular weight is 496 g/mol. The number of Topliss-reactive ketones (excluding diaryl/α,β-unsaturated/α-hetero) is 1. The summed E-state index contributed by atoms with van der Waals surface area (Å²) in [5.41, 5.74) is 2.34. The van der Waals surface area contributed by atoms with Crippen molar-refractivity contribution in [1.29, 1.82) is 0 Å². The fourth-order valence-electron chi connectivity index (χ4n) is 3.93. The number of hydrogen-bond donors (Lipinski definition) is 0. The Kier molecular flexibility index (Phi) is 7.18. The summed E-state index contributed by atoms with van der Waals surface area (Å²) in [4.78, 5) is 25.3. The number of nitrogens with zero attached hydrogens (tertiary/aromatic N) is 1. The van der Waals surface area contributed by atoms with E-state index in [2.05, 4.69) is 0 Å². The Balaban J connectivity index is 1.47. The second kappa shape index (κ2) is 10.3. The summed E-state index contributed by atoms with van der Waals surface area (Å²) in [5.74, 6) is -0.507. The lowest BCUT2D eigenvalue weighted by Crippen LogP contribution is -2.36. The third-order valence-electron chi connectivity index (χ3n) is 5.84. The highest BCUT2D eigenvalue weighted by Gasteiger charge is 2.29. The first-order valence-corrected chi connectivity index (χ1v) is 12.4. The van der Waals surface area contributed by atoms with Crippen LogP contribution in [-0.4, -0.2) is 51.8 Å². The van der Waals surface area contributed by atoms with Gasteiger partial charge in [-0.1, -0.05) is 30.3 Å². The van der Waals surface area contributed by atoms with Gasteiger partial charge in [0.25, 0.3) is 0 Å². The average Bonchev–Trinajstić information content (AvgIpc) is 2.90. The summed E-state index contributed by atoms with van der Waals surface area (Å²) >= 11 is 0. The Morgan fingerprint density at radius 3 is 2.43 bits per heavy atom. The van der Waals surface area contributed by atoms with Crippen LogP contribution < -0.4 is 9.47 Å². The maximum atomic E-state index is 13.2. The van der Waals surface area contributed by atoms with Crippen molar-refractivity contribution in [2.45, 2.75) is 17.9 Å². The van der Waals surface area contributed by atoms with E-state index in [0.717, 1.165) is 11.1 Å². The Morgan fingerprint density at radius 1 is 0.914 bits per heavy atom. The molecule has 3 aromatic carbocycles. The molecule has 35 heavy (non-hydrogen) atoms. The van der Waals surface area contributed by atoms with Gasteiger partial charge in [0.1, 0.15) is 11.5 Å². The number of benzene rings is 3. The van der Waals surface area contributed by atoms with Crippen molar-refractivity contribution in [3.63, 3.8) is 0 Å². The summed E-state index contributed by atoms with van der Waals surface area (Å²) in [7, 11) is -0.923. The van der Waals surface area contributed by atoms with Gasteiger partial charge in [-0.2, -0.15) is 4.31 Å². The van der Waals surface area contributed by atoms with E-state index in [4.69, 9.17) is 14.2 Å². The van der Waals surface area contributed by atoms with Crippen LogP contribution in [0.25, 0.3) is 0 Å². The number of sulfonamides is 1. The van der Waals surface area contributed by atoms with Gasteiger partial charge in [-0.15, -0.1) is 0 Å². The van der Waals surface area contributed by atoms with E-state index in [1.807, 2.05) is 24.3 Å². The molecule has 4 rings (SSSR count).